The molecule has 16 heavy (non-hydrogen) atoms. The quantitative estimate of drug-likeness (QED) is 0.752. The summed E-state index contributed by atoms with van der Waals surface area (Å²) < 4.78 is 0. The molecule has 3 nitrogen and oxygen atoms in total. The van der Waals surface area contributed by atoms with Crippen LogP contribution in [0.4, 0.5) is 0 Å². The molecule has 3 unspecified atom stereocenters. The van der Waals surface area contributed by atoms with Crippen molar-refractivity contribution in [2.45, 2.75) is 59.0 Å². The van der Waals surface area contributed by atoms with Gasteiger partial charge in [0.1, 0.15) is 0 Å². The third kappa shape index (κ3) is 3.78. The molecule has 0 heterocycles. The Bertz CT molecular complexity index is 228. The molecular formula is C13H26N2O. The fourth-order valence-electron chi connectivity index (χ4n) is 2.58. The van der Waals surface area contributed by atoms with Crippen LogP contribution in [0.2, 0.25) is 0 Å². The Morgan fingerprint density at radius 1 is 1.38 bits per heavy atom. The van der Waals surface area contributed by atoms with Crippen LogP contribution in [0.5, 0.6) is 0 Å². The molecule has 3 atom stereocenters. The zero-order valence-corrected chi connectivity index (χ0v) is 11.0. The number of carbonyl (C=O) groups is 1. The van der Waals surface area contributed by atoms with Gasteiger partial charge < -0.3 is 10.6 Å². The smallest absolute Gasteiger partial charge is 0.234 e. The third-order valence-electron chi connectivity index (χ3n) is 3.77. The standard InChI is InChI=1S/C13H26N2O/c1-5-11-6-7-12(10(11)4)15-13(16)8-14-9(2)3/h9-12,14H,5-8H2,1-4H3,(H,15,16). The summed E-state index contributed by atoms with van der Waals surface area (Å²) in [6, 6.07) is 0.765. The molecule has 0 saturated heterocycles. The summed E-state index contributed by atoms with van der Waals surface area (Å²) in [5, 5.41) is 6.29. The Labute approximate surface area is 99.4 Å². The maximum atomic E-state index is 11.7. The van der Waals surface area contributed by atoms with Crippen molar-refractivity contribution >= 4 is 5.91 Å². The van der Waals surface area contributed by atoms with Gasteiger partial charge in [-0.2, -0.15) is 0 Å². The first-order valence-electron chi connectivity index (χ1n) is 6.57. The van der Waals surface area contributed by atoms with Crippen molar-refractivity contribution in [1.82, 2.24) is 10.6 Å². The second-order valence-electron chi connectivity index (χ2n) is 5.31. The van der Waals surface area contributed by atoms with E-state index in [4.69, 9.17) is 0 Å². The molecular weight excluding hydrogens is 200 g/mol. The first-order chi connectivity index (χ1) is 7.54. The number of carbonyl (C=O) groups excluding carboxylic acids is 1. The maximum absolute atomic E-state index is 11.7. The molecule has 0 aromatic heterocycles. The molecule has 0 radical (unpaired) electrons. The van der Waals surface area contributed by atoms with Crippen molar-refractivity contribution in [1.29, 1.82) is 0 Å². The van der Waals surface area contributed by atoms with E-state index in [1.54, 1.807) is 0 Å². The van der Waals surface area contributed by atoms with E-state index in [0.29, 0.717) is 24.5 Å². The molecule has 0 aromatic carbocycles. The number of hydrogen-bond acceptors (Lipinski definition) is 2. The van der Waals surface area contributed by atoms with Crippen LogP contribution in [0, 0.1) is 11.8 Å². The van der Waals surface area contributed by atoms with Crippen LogP contribution in [0.3, 0.4) is 0 Å². The molecule has 1 aliphatic rings. The van der Waals surface area contributed by atoms with Gasteiger partial charge in [0.2, 0.25) is 5.91 Å². The third-order valence-corrected chi connectivity index (χ3v) is 3.77. The summed E-state index contributed by atoms with van der Waals surface area (Å²) in [4.78, 5) is 11.7. The molecule has 1 saturated carbocycles. The van der Waals surface area contributed by atoms with Gasteiger partial charge in [0, 0.05) is 12.1 Å². The molecule has 2 N–H and O–H groups in total. The van der Waals surface area contributed by atoms with E-state index >= 15 is 0 Å². The van der Waals surface area contributed by atoms with E-state index in [1.807, 2.05) is 0 Å². The Balaban J connectivity index is 2.29. The Kier molecular flexibility index (Phi) is 5.26. The van der Waals surface area contributed by atoms with E-state index in [1.165, 1.54) is 12.8 Å². The highest BCUT2D eigenvalue weighted by molar-refractivity contribution is 5.78. The van der Waals surface area contributed by atoms with Crippen molar-refractivity contribution in [3.05, 3.63) is 0 Å². The molecule has 0 aromatic rings. The first-order valence-corrected chi connectivity index (χ1v) is 6.57. The molecule has 1 rings (SSSR count). The van der Waals surface area contributed by atoms with Crippen LogP contribution in [-0.2, 0) is 4.79 Å². The second kappa shape index (κ2) is 6.24. The number of hydrogen-bond donors (Lipinski definition) is 2. The Morgan fingerprint density at radius 3 is 2.56 bits per heavy atom. The monoisotopic (exact) mass is 226 g/mol. The molecule has 3 heteroatoms. The normalized spacial score (nSPS) is 29.7. The molecule has 0 spiro atoms. The molecule has 1 amide bonds. The van der Waals surface area contributed by atoms with Crippen LogP contribution in [0.1, 0.15) is 47.0 Å². The van der Waals surface area contributed by atoms with Gasteiger partial charge >= 0.3 is 0 Å². The zero-order valence-electron chi connectivity index (χ0n) is 11.0. The predicted molar refractivity (Wildman–Crippen MR) is 67.2 cm³/mol. The minimum Gasteiger partial charge on any atom is -0.352 e. The van der Waals surface area contributed by atoms with Crippen LogP contribution in [0.15, 0.2) is 0 Å². The van der Waals surface area contributed by atoms with Crippen molar-refractivity contribution in [3.63, 3.8) is 0 Å². The lowest BCUT2D eigenvalue weighted by atomic mass is 9.93. The minimum atomic E-state index is 0.141. The minimum absolute atomic E-state index is 0.141. The van der Waals surface area contributed by atoms with Gasteiger partial charge in [-0.3, -0.25) is 4.79 Å². The largest absolute Gasteiger partial charge is 0.352 e. The van der Waals surface area contributed by atoms with E-state index in [-0.39, 0.29) is 5.91 Å². The Hall–Kier alpha value is -0.570. The zero-order chi connectivity index (χ0) is 12.1. The van der Waals surface area contributed by atoms with Crippen molar-refractivity contribution in [2.24, 2.45) is 11.8 Å². The summed E-state index contributed by atoms with van der Waals surface area (Å²) in [6.45, 7) is 9.06. The van der Waals surface area contributed by atoms with Crippen LogP contribution in [0.25, 0.3) is 0 Å². The van der Waals surface area contributed by atoms with E-state index in [0.717, 1.165) is 12.3 Å². The average Bonchev–Trinajstić information content (AvgIpc) is 2.57. The lowest BCUT2D eigenvalue weighted by Gasteiger charge is -2.21. The first kappa shape index (κ1) is 13.5. The number of rotatable bonds is 5. The van der Waals surface area contributed by atoms with Gasteiger partial charge in [0.25, 0.3) is 0 Å². The molecule has 1 aliphatic carbocycles. The van der Waals surface area contributed by atoms with Crippen molar-refractivity contribution in [3.8, 4) is 0 Å². The topological polar surface area (TPSA) is 41.1 Å². The van der Waals surface area contributed by atoms with E-state index in [9.17, 15) is 4.79 Å². The SMILES string of the molecule is CCC1CCC(NC(=O)CNC(C)C)C1C. The van der Waals surface area contributed by atoms with Crippen LogP contribution in [-0.4, -0.2) is 24.5 Å². The van der Waals surface area contributed by atoms with Crippen molar-refractivity contribution < 1.29 is 4.79 Å². The fourth-order valence-corrected chi connectivity index (χ4v) is 2.58. The fraction of sp³-hybridized carbons (Fsp3) is 0.923. The summed E-state index contributed by atoms with van der Waals surface area (Å²) in [5.74, 6) is 1.57. The van der Waals surface area contributed by atoms with Gasteiger partial charge in [-0.1, -0.05) is 34.1 Å². The average molecular weight is 226 g/mol. The lowest BCUT2D eigenvalue weighted by molar-refractivity contribution is -0.121. The van der Waals surface area contributed by atoms with Gasteiger partial charge in [-0.25, -0.2) is 0 Å². The highest BCUT2D eigenvalue weighted by Crippen LogP contribution is 2.33. The lowest BCUT2D eigenvalue weighted by Crippen LogP contribution is -2.43. The predicted octanol–water partition coefficient (Wildman–Crippen LogP) is 1.93. The summed E-state index contributed by atoms with van der Waals surface area (Å²) in [7, 11) is 0. The number of nitrogens with one attached hydrogen (secondary N) is 2. The number of amides is 1. The van der Waals surface area contributed by atoms with Gasteiger partial charge in [-0.05, 0) is 24.7 Å². The molecule has 94 valence electrons. The van der Waals surface area contributed by atoms with Gasteiger partial charge in [0.05, 0.1) is 6.54 Å². The van der Waals surface area contributed by atoms with Gasteiger partial charge in [-0.15, -0.1) is 0 Å². The van der Waals surface area contributed by atoms with Crippen molar-refractivity contribution in [2.75, 3.05) is 6.54 Å². The molecule has 0 aliphatic heterocycles. The second-order valence-corrected chi connectivity index (χ2v) is 5.31. The van der Waals surface area contributed by atoms with E-state index in [2.05, 4.69) is 38.3 Å². The highest BCUT2D eigenvalue weighted by atomic mass is 16.2. The summed E-state index contributed by atoms with van der Waals surface area (Å²) in [6.07, 6.45) is 3.64. The summed E-state index contributed by atoms with van der Waals surface area (Å²) >= 11 is 0. The van der Waals surface area contributed by atoms with Crippen LogP contribution < -0.4 is 10.6 Å². The summed E-state index contributed by atoms with van der Waals surface area (Å²) in [5.41, 5.74) is 0. The van der Waals surface area contributed by atoms with Gasteiger partial charge in [0.15, 0.2) is 0 Å². The van der Waals surface area contributed by atoms with Crippen LogP contribution >= 0.6 is 0 Å². The highest BCUT2D eigenvalue weighted by Gasteiger charge is 2.32. The molecule has 0 bridgehead atoms. The Morgan fingerprint density at radius 2 is 2.06 bits per heavy atom. The molecule has 1 fully saturated rings. The van der Waals surface area contributed by atoms with E-state index < -0.39 is 0 Å². The maximum Gasteiger partial charge on any atom is 0.234 e.